The van der Waals surface area contributed by atoms with E-state index < -0.39 is 10.0 Å². The Morgan fingerprint density at radius 2 is 1.38 bits per heavy atom. The van der Waals surface area contributed by atoms with Crippen LogP contribution in [0.3, 0.4) is 0 Å². The van der Waals surface area contributed by atoms with Crippen LogP contribution in [0.2, 0.25) is 0 Å². The number of benzene rings is 4. The summed E-state index contributed by atoms with van der Waals surface area (Å²) >= 11 is 0. The van der Waals surface area contributed by atoms with E-state index in [0.29, 0.717) is 30.2 Å². The molecule has 0 spiro atoms. The molecule has 6 nitrogen and oxygen atoms in total. The normalized spacial score (nSPS) is 11.2. The van der Waals surface area contributed by atoms with Crippen molar-refractivity contribution in [3.05, 3.63) is 130 Å². The van der Waals surface area contributed by atoms with E-state index in [1.807, 2.05) is 56.3 Å². The lowest BCUT2D eigenvalue weighted by molar-refractivity contribution is 0.0951. The first-order valence-electron chi connectivity index (χ1n) is 12.5. The molecule has 0 aromatic heterocycles. The van der Waals surface area contributed by atoms with Gasteiger partial charge in [-0.15, -0.1) is 0 Å². The van der Waals surface area contributed by atoms with Crippen molar-refractivity contribution < 1.29 is 22.3 Å². The number of nitrogens with zero attached hydrogens (tertiary/aromatic N) is 1. The van der Waals surface area contributed by atoms with Gasteiger partial charge in [0.1, 0.15) is 18.2 Å². The molecule has 4 aromatic rings. The zero-order valence-electron chi connectivity index (χ0n) is 22.1. The summed E-state index contributed by atoms with van der Waals surface area (Å²) in [5.74, 6) is 0.162. The summed E-state index contributed by atoms with van der Waals surface area (Å²) in [6, 6.07) is 26.2. The minimum absolute atomic E-state index is 0.169. The third-order valence-electron chi connectivity index (χ3n) is 6.33. The van der Waals surface area contributed by atoms with Gasteiger partial charge < -0.3 is 10.1 Å². The van der Waals surface area contributed by atoms with Gasteiger partial charge in [-0.2, -0.15) is 0 Å². The summed E-state index contributed by atoms with van der Waals surface area (Å²) in [5, 5.41) is 2.90. The van der Waals surface area contributed by atoms with Crippen molar-refractivity contribution in [3.63, 3.8) is 0 Å². The van der Waals surface area contributed by atoms with Gasteiger partial charge in [0.15, 0.2) is 0 Å². The van der Waals surface area contributed by atoms with E-state index in [4.69, 9.17) is 4.74 Å². The quantitative estimate of drug-likeness (QED) is 0.268. The summed E-state index contributed by atoms with van der Waals surface area (Å²) in [5.41, 5.74) is 5.47. The highest BCUT2D eigenvalue weighted by atomic mass is 32.2. The second-order valence-corrected chi connectivity index (χ2v) is 11.4. The first-order chi connectivity index (χ1) is 18.6. The SMILES string of the molecule is Cc1cccc(C)c1N(Cc1ccc(C(=O)NCc2ccc(OCc3ccc(F)cc3)cc2)cc1)S(C)(=O)=O. The minimum atomic E-state index is -3.52. The first-order valence-corrected chi connectivity index (χ1v) is 14.3. The molecule has 4 aromatic carbocycles. The molecule has 0 heterocycles. The molecule has 8 heteroatoms. The van der Waals surface area contributed by atoms with E-state index in [0.717, 1.165) is 27.8 Å². The van der Waals surface area contributed by atoms with Crippen LogP contribution in [0, 0.1) is 19.7 Å². The molecule has 0 aliphatic heterocycles. The standard InChI is InChI=1S/C31H31FN2O4S/c1-22-5-4-6-23(2)30(22)34(39(3,36)37)20-25-7-13-27(14-8-25)31(35)33-19-24-11-17-29(18-12-24)38-21-26-9-15-28(32)16-10-26/h4-18H,19-21H2,1-3H3,(H,33,35). The highest BCUT2D eigenvalue weighted by Gasteiger charge is 2.21. The number of ether oxygens (including phenoxy) is 1. The molecule has 0 bridgehead atoms. The number of para-hydroxylation sites is 1. The third kappa shape index (κ3) is 7.45. The number of anilines is 1. The van der Waals surface area contributed by atoms with E-state index in [1.165, 1.54) is 22.7 Å². The fourth-order valence-corrected chi connectivity index (χ4v) is 5.23. The lowest BCUT2D eigenvalue weighted by Crippen LogP contribution is -2.30. The number of amides is 1. The summed E-state index contributed by atoms with van der Waals surface area (Å²) < 4.78 is 45.4. The number of sulfonamides is 1. The van der Waals surface area contributed by atoms with Crippen LogP contribution >= 0.6 is 0 Å². The maximum Gasteiger partial charge on any atom is 0.251 e. The number of carbonyl (C=O) groups is 1. The molecule has 0 radical (unpaired) electrons. The van der Waals surface area contributed by atoms with E-state index in [9.17, 15) is 17.6 Å². The molecule has 1 N–H and O–H groups in total. The van der Waals surface area contributed by atoms with E-state index in [-0.39, 0.29) is 18.3 Å². The van der Waals surface area contributed by atoms with Crippen LogP contribution in [-0.4, -0.2) is 20.6 Å². The van der Waals surface area contributed by atoms with Crippen molar-refractivity contribution in [1.82, 2.24) is 5.32 Å². The van der Waals surface area contributed by atoms with Crippen LogP contribution in [0.5, 0.6) is 5.75 Å². The second-order valence-electron chi connectivity index (χ2n) is 9.45. The molecule has 0 saturated heterocycles. The van der Waals surface area contributed by atoms with Crippen LogP contribution < -0.4 is 14.4 Å². The molecule has 4 rings (SSSR count). The number of hydrogen-bond acceptors (Lipinski definition) is 4. The Labute approximate surface area is 229 Å². The smallest absolute Gasteiger partial charge is 0.251 e. The highest BCUT2D eigenvalue weighted by Crippen LogP contribution is 2.28. The van der Waals surface area contributed by atoms with Crippen LogP contribution in [0.1, 0.15) is 38.2 Å². The summed E-state index contributed by atoms with van der Waals surface area (Å²) in [6.45, 7) is 4.62. The summed E-state index contributed by atoms with van der Waals surface area (Å²) in [4.78, 5) is 12.7. The number of aryl methyl sites for hydroxylation is 2. The lowest BCUT2D eigenvalue weighted by atomic mass is 10.1. The number of nitrogens with one attached hydrogen (secondary N) is 1. The van der Waals surface area contributed by atoms with Crippen LogP contribution in [-0.2, 0) is 29.7 Å². The van der Waals surface area contributed by atoms with E-state index >= 15 is 0 Å². The Kier molecular flexibility index (Phi) is 8.66. The van der Waals surface area contributed by atoms with Crippen LogP contribution in [0.15, 0.2) is 91.0 Å². The van der Waals surface area contributed by atoms with Gasteiger partial charge in [0.05, 0.1) is 18.5 Å². The van der Waals surface area contributed by atoms with Gasteiger partial charge in [0.2, 0.25) is 10.0 Å². The number of carbonyl (C=O) groups excluding carboxylic acids is 1. The predicted molar refractivity (Wildman–Crippen MR) is 152 cm³/mol. The number of hydrogen-bond donors (Lipinski definition) is 1. The highest BCUT2D eigenvalue weighted by molar-refractivity contribution is 7.92. The average molecular weight is 547 g/mol. The Bertz CT molecular complexity index is 1520. The predicted octanol–water partition coefficient (Wildman–Crippen LogP) is 5.92. The molecular formula is C31H31FN2O4S. The monoisotopic (exact) mass is 546 g/mol. The minimum Gasteiger partial charge on any atom is -0.489 e. The molecule has 0 saturated carbocycles. The van der Waals surface area contributed by atoms with Crippen molar-refractivity contribution in [2.24, 2.45) is 0 Å². The fraction of sp³-hybridized carbons (Fsp3) is 0.194. The molecule has 0 unspecified atom stereocenters. The second kappa shape index (κ2) is 12.1. The van der Waals surface area contributed by atoms with Crippen molar-refractivity contribution in [3.8, 4) is 5.75 Å². The average Bonchev–Trinajstić information content (AvgIpc) is 2.91. The Hall–Kier alpha value is -4.17. The first kappa shape index (κ1) is 27.9. The Morgan fingerprint density at radius 1 is 0.821 bits per heavy atom. The molecule has 39 heavy (non-hydrogen) atoms. The van der Waals surface area contributed by atoms with Gasteiger partial charge in [-0.05, 0) is 78.1 Å². The van der Waals surface area contributed by atoms with Gasteiger partial charge in [0.25, 0.3) is 5.91 Å². The fourth-order valence-electron chi connectivity index (χ4n) is 4.22. The maximum absolute atomic E-state index is 13.0. The zero-order chi connectivity index (χ0) is 28.0. The van der Waals surface area contributed by atoms with Gasteiger partial charge in [-0.25, -0.2) is 12.8 Å². The Morgan fingerprint density at radius 3 is 1.97 bits per heavy atom. The lowest BCUT2D eigenvalue weighted by Gasteiger charge is -2.26. The number of rotatable bonds is 10. The topological polar surface area (TPSA) is 75.7 Å². The largest absolute Gasteiger partial charge is 0.489 e. The summed E-state index contributed by atoms with van der Waals surface area (Å²) in [6.07, 6.45) is 1.20. The van der Waals surface area contributed by atoms with Crippen LogP contribution in [0.4, 0.5) is 10.1 Å². The van der Waals surface area contributed by atoms with Crippen LogP contribution in [0.25, 0.3) is 0 Å². The van der Waals surface area contributed by atoms with Gasteiger partial charge in [0, 0.05) is 12.1 Å². The molecule has 0 aliphatic rings. The summed E-state index contributed by atoms with van der Waals surface area (Å²) in [7, 11) is -3.52. The third-order valence-corrected chi connectivity index (χ3v) is 7.44. The number of halogens is 1. The molecule has 0 aliphatic carbocycles. The van der Waals surface area contributed by atoms with Gasteiger partial charge >= 0.3 is 0 Å². The Balaban J connectivity index is 1.33. The van der Waals surface area contributed by atoms with E-state index in [2.05, 4.69) is 5.32 Å². The molecule has 0 atom stereocenters. The van der Waals surface area contributed by atoms with Crippen molar-refractivity contribution in [2.75, 3.05) is 10.6 Å². The van der Waals surface area contributed by atoms with Gasteiger partial charge in [-0.3, -0.25) is 9.10 Å². The molecule has 202 valence electrons. The maximum atomic E-state index is 13.0. The van der Waals surface area contributed by atoms with Crippen molar-refractivity contribution in [1.29, 1.82) is 0 Å². The van der Waals surface area contributed by atoms with Crippen molar-refractivity contribution >= 4 is 21.6 Å². The molecular weight excluding hydrogens is 515 g/mol. The zero-order valence-corrected chi connectivity index (χ0v) is 23.0. The van der Waals surface area contributed by atoms with E-state index in [1.54, 1.807) is 36.4 Å². The van der Waals surface area contributed by atoms with Crippen molar-refractivity contribution in [2.45, 2.75) is 33.5 Å². The molecule has 0 fully saturated rings. The molecule has 1 amide bonds. The van der Waals surface area contributed by atoms with Gasteiger partial charge in [-0.1, -0.05) is 54.6 Å².